The third kappa shape index (κ3) is 9.83. The zero-order chi connectivity index (χ0) is 14.4. The van der Waals surface area contributed by atoms with E-state index in [1.54, 1.807) is 6.08 Å². The van der Waals surface area contributed by atoms with Crippen LogP contribution in [0, 0.1) is 11.3 Å². The molecule has 0 aliphatic rings. The van der Waals surface area contributed by atoms with Gasteiger partial charge in [0.15, 0.2) is 0 Å². The highest BCUT2D eigenvalue weighted by molar-refractivity contribution is 5.38. The second-order valence-corrected chi connectivity index (χ2v) is 3.87. The molecule has 102 valence electrons. The predicted molar refractivity (Wildman–Crippen MR) is 80.2 cm³/mol. The highest BCUT2D eigenvalue weighted by Gasteiger charge is 2.00. The van der Waals surface area contributed by atoms with E-state index >= 15 is 0 Å². The van der Waals surface area contributed by atoms with Gasteiger partial charge in [0.25, 0.3) is 0 Å². The summed E-state index contributed by atoms with van der Waals surface area (Å²) in [5.74, 6) is 0. The molecule has 0 aliphatic heterocycles. The molecule has 0 heterocycles. The summed E-state index contributed by atoms with van der Waals surface area (Å²) in [7, 11) is 3.60. The van der Waals surface area contributed by atoms with Gasteiger partial charge in [0.1, 0.15) is 0 Å². The molecule has 0 rings (SSSR count). The van der Waals surface area contributed by atoms with Gasteiger partial charge in [-0.05, 0) is 45.6 Å². The fourth-order valence-electron chi connectivity index (χ4n) is 1.38. The number of likely N-dealkylation sites (N-methyl/N-ethyl adjacent to an activating group) is 1. The van der Waals surface area contributed by atoms with Crippen LogP contribution in [0.2, 0.25) is 0 Å². The first-order chi connectivity index (χ1) is 8.67. The molecule has 3 heteroatoms. The highest BCUT2D eigenvalue weighted by atomic mass is 15.1. The Hall–Kier alpha value is -1.37. The molecule has 0 amide bonds. The van der Waals surface area contributed by atoms with Gasteiger partial charge in [-0.3, -0.25) is 0 Å². The minimum Gasteiger partial charge on any atom is -0.333 e. The quantitative estimate of drug-likeness (QED) is 0.557. The van der Waals surface area contributed by atoms with Crippen molar-refractivity contribution in [1.82, 2.24) is 4.90 Å². The standard InChI is InChI=1S/C14H22N2.CH5N/c1-5-8-9-16(4)12-14(7-3)10-13(6-2)11-15;1-2/h6-7,10H,2,5,8-9,12H2,1,3-4H3;2H2,1H3/b13-10+,14-7+;. The molecule has 0 aromatic rings. The Morgan fingerprint density at radius 3 is 2.44 bits per heavy atom. The summed E-state index contributed by atoms with van der Waals surface area (Å²) in [6, 6.07) is 2.12. The van der Waals surface area contributed by atoms with Crippen LogP contribution < -0.4 is 5.73 Å². The van der Waals surface area contributed by atoms with Gasteiger partial charge in [-0.25, -0.2) is 0 Å². The summed E-state index contributed by atoms with van der Waals surface area (Å²) in [5.41, 5.74) is 6.28. The van der Waals surface area contributed by atoms with Crippen molar-refractivity contribution < 1.29 is 0 Å². The molecule has 0 atom stereocenters. The molecule has 2 N–H and O–H groups in total. The van der Waals surface area contributed by atoms with Crippen LogP contribution in [-0.4, -0.2) is 32.1 Å². The first-order valence-electron chi connectivity index (χ1n) is 6.33. The van der Waals surface area contributed by atoms with Crippen LogP contribution in [0.1, 0.15) is 26.7 Å². The number of rotatable bonds is 7. The van der Waals surface area contributed by atoms with Crippen LogP contribution in [-0.2, 0) is 0 Å². The molecule has 18 heavy (non-hydrogen) atoms. The third-order valence-corrected chi connectivity index (χ3v) is 2.41. The first-order valence-corrected chi connectivity index (χ1v) is 6.33. The Morgan fingerprint density at radius 1 is 1.44 bits per heavy atom. The lowest BCUT2D eigenvalue weighted by molar-refractivity contribution is 0.357. The molecule has 0 fully saturated rings. The molecule has 0 saturated heterocycles. The Labute approximate surface area is 112 Å². The smallest absolute Gasteiger partial charge is 0.0991 e. The van der Waals surface area contributed by atoms with Crippen molar-refractivity contribution in [3.63, 3.8) is 0 Å². The normalized spacial score (nSPS) is 11.6. The molecule has 3 nitrogen and oxygen atoms in total. The van der Waals surface area contributed by atoms with Crippen molar-refractivity contribution in [2.75, 3.05) is 27.2 Å². The van der Waals surface area contributed by atoms with Crippen molar-refractivity contribution in [2.24, 2.45) is 5.73 Å². The molecule has 0 spiro atoms. The number of allylic oxidation sites excluding steroid dienone is 3. The maximum atomic E-state index is 8.82. The van der Waals surface area contributed by atoms with Gasteiger partial charge in [-0.2, -0.15) is 5.26 Å². The van der Waals surface area contributed by atoms with Crippen LogP contribution in [0.3, 0.4) is 0 Å². The van der Waals surface area contributed by atoms with Gasteiger partial charge < -0.3 is 10.6 Å². The van der Waals surface area contributed by atoms with E-state index in [9.17, 15) is 0 Å². The first kappa shape index (κ1) is 19.0. The Bertz CT molecular complexity index is 308. The molecule has 0 aliphatic carbocycles. The maximum absolute atomic E-state index is 8.82. The van der Waals surface area contributed by atoms with E-state index in [-0.39, 0.29) is 0 Å². The lowest BCUT2D eigenvalue weighted by Crippen LogP contribution is -2.21. The molecule has 0 bridgehead atoms. The van der Waals surface area contributed by atoms with E-state index in [2.05, 4.69) is 37.3 Å². The van der Waals surface area contributed by atoms with Crippen LogP contribution in [0.5, 0.6) is 0 Å². The Kier molecular flexibility index (Phi) is 14.4. The van der Waals surface area contributed by atoms with E-state index in [4.69, 9.17) is 5.26 Å². The Balaban J connectivity index is 0. The summed E-state index contributed by atoms with van der Waals surface area (Å²) in [5, 5.41) is 8.82. The molecular weight excluding hydrogens is 222 g/mol. The van der Waals surface area contributed by atoms with Crippen LogP contribution in [0.25, 0.3) is 0 Å². The summed E-state index contributed by atoms with van der Waals surface area (Å²) < 4.78 is 0. The van der Waals surface area contributed by atoms with Gasteiger partial charge >= 0.3 is 0 Å². The molecule has 0 unspecified atom stereocenters. The van der Waals surface area contributed by atoms with E-state index in [0.29, 0.717) is 5.57 Å². The van der Waals surface area contributed by atoms with Crippen LogP contribution in [0.4, 0.5) is 0 Å². The molecule has 0 saturated carbocycles. The maximum Gasteiger partial charge on any atom is 0.0991 e. The predicted octanol–water partition coefficient (Wildman–Crippen LogP) is 2.88. The summed E-state index contributed by atoms with van der Waals surface area (Å²) in [6.07, 6.45) is 7.96. The van der Waals surface area contributed by atoms with Gasteiger partial charge in [0, 0.05) is 6.54 Å². The fraction of sp³-hybridized carbons (Fsp3) is 0.533. The van der Waals surface area contributed by atoms with Crippen LogP contribution >= 0.6 is 0 Å². The second-order valence-electron chi connectivity index (χ2n) is 3.87. The molecular formula is C15H27N3. The van der Waals surface area contributed by atoms with Crippen molar-refractivity contribution in [2.45, 2.75) is 26.7 Å². The lowest BCUT2D eigenvalue weighted by atomic mass is 10.1. The number of hydrogen-bond donors (Lipinski definition) is 1. The van der Waals surface area contributed by atoms with E-state index in [0.717, 1.165) is 18.7 Å². The summed E-state index contributed by atoms with van der Waals surface area (Å²) in [4.78, 5) is 2.27. The van der Waals surface area contributed by atoms with Crippen molar-refractivity contribution in [3.05, 3.63) is 36.0 Å². The third-order valence-electron chi connectivity index (χ3n) is 2.41. The van der Waals surface area contributed by atoms with Crippen molar-refractivity contribution in [3.8, 4) is 6.07 Å². The SMILES string of the molecule is C=C/C(C#N)=C\C(=C/C)CN(C)CCCC.CN. The highest BCUT2D eigenvalue weighted by Crippen LogP contribution is 2.06. The van der Waals surface area contributed by atoms with Crippen LogP contribution in [0.15, 0.2) is 36.0 Å². The minimum absolute atomic E-state index is 0.622. The largest absolute Gasteiger partial charge is 0.333 e. The zero-order valence-electron chi connectivity index (χ0n) is 12.2. The number of nitrogens with two attached hydrogens (primary N) is 1. The minimum atomic E-state index is 0.622. The summed E-state index contributed by atoms with van der Waals surface area (Å²) >= 11 is 0. The fourth-order valence-corrected chi connectivity index (χ4v) is 1.38. The number of unbranched alkanes of at least 4 members (excludes halogenated alkanes) is 1. The van der Waals surface area contributed by atoms with Crippen molar-refractivity contribution in [1.29, 1.82) is 5.26 Å². The number of nitrogens with zero attached hydrogens (tertiary/aromatic N) is 2. The van der Waals surface area contributed by atoms with E-state index in [1.165, 1.54) is 19.9 Å². The van der Waals surface area contributed by atoms with Gasteiger partial charge in [0.2, 0.25) is 0 Å². The Morgan fingerprint density at radius 2 is 2.06 bits per heavy atom. The second kappa shape index (κ2) is 13.7. The van der Waals surface area contributed by atoms with E-state index < -0.39 is 0 Å². The zero-order valence-corrected chi connectivity index (χ0v) is 12.2. The molecule has 0 aromatic carbocycles. The molecule has 0 aromatic heterocycles. The van der Waals surface area contributed by atoms with Gasteiger partial charge in [-0.15, -0.1) is 0 Å². The monoisotopic (exact) mass is 249 g/mol. The van der Waals surface area contributed by atoms with Crippen molar-refractivity contribution >= 4 is 0 Å². The number of nitriles is 1. The number of hydrogen-bond acceptors (Lipinski definition) is 3. The van der Waals surface area contributed by atoms with E-state index in [1.807, 2.05) is 19.1 Å². The van der Waals surface area contributed by atoms with Gasteiger partial charge in [0.05, 0.1) is 11.6 Å². The topological polar surface area (TPSA) is 53.0 Å². The van der Waals surface area contributed by atoms with Gasteiger partial charge in [-0.1, -0.05) is 32.1 Å². The molecule has 0 radical (unpaired) electrons. The lowest BCUT2D eigenvalue weighted by Gasteiger charge is -2.16. The summed E-state index contributed by atoms with van der Waals surface area (Å²) in [6.45, 7) is 9.78. The average molecular weight is 249 g/mol. The average Bonchev–Trinajstić information content (AvgIpc) is 2.43.